The number of aryl methyl sites for hydroxylation is 1. The molecule has 0 aliphatic carbocycles. The van der Waals surface area contributed by atoms with Crippen molar-refractivity contribution in [2.75, 3.05) is 6.61 Å². The summed E-state index contributed by atoms with van der Waals surface area (Å²) in [5.41, 5.74) is 1.30. The van der Waals surface area contributed by atoms with E-state index in [2.05, 4.69) is 26.0 Å². The molecule has 0 unspecified atom stereocenters. The minimum absolute atomic E-state index is 0.780. The maximum Gasteiger partial charge on any atom is 0.127 e. The summed E-state index contributed by atoms with van der Waals surface area (Å²) in [5, 5.41) is 0. The molecule has 0 aromatic heterocycles. The third-order valence-corrected chi connectivity index (χ3v) is 1.72. The van der Waals surface area contributed by atoms with Gasteiger partial charge in [-0.05, 0) is 30.5 Å². The van der Waals surface area contributed by atoms with Crippen molar-refractivity contribution in [3.8, 4) is 5.75 Å². The van der Waals surface area contributed by atoms with E-state index < -0.39 is 0 Å². The van der Waals surface area contributed by atoms with Gasteiger partial charge in [0.2, 0.25) is 0 Å². The maximum atomic E-state index is 5.40. The van der Waals surface area contributed by atoms with Gasteiger partial charge in [-0.1, -0.05) is 19.9 Å². The molecule has 0 fully saturated rings. The van der Waals surface area contributed by atoms with E-state index >= 15 is 0 Å². The van der Waals surface area contributed by atoms with Crippen molar-refractivity contribution < 1.29 is 4.74 Å². The molecule has 0 bridgehead atoms. The number of rotatable bonds is 4. The van der Waals surface area contributed by atoms with Crippen LogP contribution < -0.4 is 4.74 Å². The lowest BCUT2D eigenvalue weighted by Gasteiger charge is -2.03. The predicted octanol–water partition coefficient (Wildman–Crippen LogP) is 2.84. The van der Waals surface area contributed by atoms with E-state index in [1.165, 1.54) is 5.56 Å². The SMILES string of the molecule is CCCOc1[c]cc(CC)cc1. The largest absolute Gasteiger partial charge is 0.493 e. The third kappa shape index (κ3) is 2.57. The molecule has 0 N–H and O–H groups in total. The van der Waals surface area contributed by atoms with Crippen LogP contribution in [0.1, 0.15) is 25.8 Å². The molecular weight excluding hydrogens is 148 g/mol. The molecule has 65 valence electrons. The zero-order chi connectivity index (χ0) is 8.81. The Bertz CT molecular complexity index is 213. The number of hydrogen-bond donors (Lipinski definition) is 0. The quantitative estimate of drug-likeness (QED) is 0.663. The van der Waals surface area contributed by atoms with Crippen molar-refractivity contribution >= 4 is 0 Å². The predicted molar refractivity (Wildman–Crippen MR) is 50.4 cm³/mol. The van der Waals surface area contributed by atoms with Crippen molar-refractivity contribution in [2.24, 2.45) is 0 Å². The highest BCUT2D eigenvalue weighted by Crippen LogP contribution is 2.11. The van der Waals surface area contributed by atoms with Gasteiger partial charge in [0.1, 0.15) is 5.75 Å². The summed E-state index contributed by atoms with van der Waals surface area (Å²) in [6.07, 6.45) is 2.11. The standard InChI is InChI=1S/C11H15O/c1-3-9-12-11-7-5-10(4-2)6-8-11/h5-7H,3-4,9H2,1-2H3. The van der Waals surface area contributed by atoms with E-state index in [4.69, 9.17) is 4.74 Å². The number of benzene rings is 1. The van der Waals surface area contributed by atoms with Gasteiger partial charge < -0.3 is 4.74 Å². The molecule has 0 aliphatic rings. The molecule has 12 heavy (non-hydrogen) atoms. The van der Waals surface area contributed by atoms with Gasteiger partial charge in [0.15, 0.2) is 0 Å². The highest BCUT2D eigenvalue weighted by Gasteiger charge is 1.92. The second-order valence-electron chi connectivity index (χ2n) is 2.76. The van der Waals surface area contributed by atoms with Crippen LogP contribution >= 0.6 is 0 Å². The van der Waals surface area contributed by atoms with Crippen molar-refractivity contribution in [1.29, 1.82) is 0 Å². The van der Waals surface area contributed by atoms with Crippen molar-refractivity contribution in [1.82, 2.24) is 0 Å². The lowest BCUT2D eigenvalue weighted by atomic mass is 10.2. The summed E-state index contributed by atoms with van der Waals surface area (Å²) in [6.45, 7) is 5.01. The molecule has 1 radical (unpaired) electrons. The van der Waals surface area contributed by atoms with Gasteiger partial charge in [0, 0.05) is 6.07 Å². The fourth-order valence-electron chi connectivity index (χ4n) is 0.964. The molecule has 1 rings (SSSR count). The fraction of sp³-hybridized carbons (Fsp3) is 0.455. The average molecular weight is 163 g/mol. The molecule has 1 aromatic rings. The summed E-state index contributed by atoms with van der Waals surface area (Å²) in [5.74, 6) is 0.856. The first-order valence-corrected chi connectivity index (χ1v) is 4.50. The normalized spacial score (nSPS) is 9.83. The topological polar surface area (TPSA) is 9.23 Å². The average Bonchev–Trinajstić information content (AvgIpc) is 2.15. The highest BCUT2D eigenvalue weighted by atomic mass is 16.5. The fourth-order valence-corrected chi connectivity index (χ4v) is 0.964. The molecule has 0 heterocycles. The van der Waals surface area contributed by atoms with Gasteiger partial charge in [-0.25, -0.2) is 0 Å². The van der Waals surface area contributed by atoms with Crippen LogP contribution in [0.3, 0.4) is 0 Å². The van der Waals surface area contributed by atoms with Gasteiger partial charge in [-0.3, -0.25) is 0 Å². The van der Waals surface area contributed by atoms with E-state index in [0.717, 1.165) is 25.2 Å². The van der Waals surface area contributed by atoms with Gasteiger partial charge in [0.25, 0.3) is 0 Å². The van der Waals surface area contributed by atoms with Crippen LogP contribution in [-0.4, -0.2) is 6.61 Å². The Hall–Kier alpha value is -0.980. The minimum Gasteiger partial charge on any atom is -0.493 e. The Morgan fingerprint density at radius 1 is 1.33 bits per heavy atom. The molecule has 0 aliphatic heterocycles. The highest BCUT2D eigenvalue weighted by molar-refractivity contribution is 5.25. The number of ether oxygens (including phenoxy) is 1. The van der Waals surface area contributed by atoms with Gasteiger partial charge in [-0.2, -0.15) is 0 Å². The first kappa shape index (κ1) is 9.11. The van der Waals surface area contributed by atoms with Crippen LogP contribution in [0.5, 0.6) is 5.75 Å². The minimum atomic E-state index is 0.780. The van der Waals surface area contributed by atoms with E-state index in [1.807, 2.05) is 12.1 Å². The Kier molecular flexibility index (Phi) is 3.65. The monoisotopic (exact) mass is 163 g/mol. The zero-order valence-corrected chi connectivity index (χ0v) is 7.76. The lowest BCUT2D eigenvalue weighted by Crippen LogP contribution is -1.94. The van der Waals surface area contributed by atoms with E-state index in [9.17, 15) is 0 Å². The molecule has 0 saturated carbocycles. The molecular formula is C11H15O. The molecule has 0 spiro atoms. The Balaban J connectivity index is 2.53. The van der Waals surface area contributed by atoms with Crippen LogP contribution in [0.2, 0.25) is 0 Å². The smallest absolute Gasteiger partial charge is 0.127 e. The summed E-state index contributed by atoms with van der Waals surface area (Å²) < 4.78 is 5.40. The molecule has 1 heteroatoms. The van der Waals surface area contributed by atoms with Crippen LogP contribution in [-0.2, 0) is 6.42 Å². The maximum absolute atomic E-state index is 5.40. The van der Waals surface area contributed by atoms with Gasteiger partial charge in [-0.15, -0.1) is 0 Å². The van der Waals surface area contributed by atoms with Crippen LogP contribution in [0.4, 0.5) is 0 Å². The Morgan fingerprint density at radius 3 is 2.67 bits per heavy atom. The lowest BCUT2D eigenvalue weighted by molar-refractivity contribution is 0.316. The van der Waals surface area contributed by atoms with Gasteiger partial charge >= 0.3 is 0 Å². The second kappa shape index (κ2) is 4.81. The first-order valence-electron chi connectivity index (χ1n) is 4.50. The van der Waals surface area contributed by atoms with E-state index in [0.29, 0.717) is 0 Å². The summed E-state index contributed by atoms with van der Waals surface area (Å²) >= 11 is 0. The summed E-state index contributed by atoms with van der Waals surface area (Å²) in [6, 6.07) is 9.16. The van der Waals surface area contributed by atoms with Crippen molar-refractivity contribution in [2.45, 2.75) is 26.7 Å². The van der Waals surface area contributed by atoms with E-state index in [1.54, 1.807) is 0 Å². The molecule has 0 amide bonds. The Morgan fingerprint density at radius 2 is 2.17 bits per heavy atom. The van der Waals surface area contributed by atoms with E-state index in [-0.39, 0.29) is 0 Å². The molecule has 1 aromatic carbocycles. The van der Waals surface area contributed by atoms with Crippen LogP contribution in [0.15, 0.2) is 18.2 Å². The molecule has 0 saturated heterocycles. The second-order valence-corrected chi connectivity index (χ2v) is 2.76. The number of hydrogen-bond acceptors (Lipinski definition) is 1. The van der Waals surface area contributed by atoms with Crippen molar-refractivity contribution in [3.05, 3.63) is 29.8 Å². The Labute approximate surface area is 74.4 Å². The summed E-state index contributed by atoms with van der Waals surface area (Å²) in [4.78, 5) is 0. The first-order chi connectivity index (χ1) is 5.86. The van der Waals surface area contributed by atoms with Crippen LogP contribution in [0, 0.1) is 6.07 Å². The third-order valence-electron chi connectivity index (χ3n) is 1.72. The zero-order valence-electron chi connectivity index (χ0n) is 7.76. The van der Waals surface area contributed by atoms with Crippen LogP contribution in [0.25, 0.3) is 0 Å². The summed E-state index contributed by atoms with van der Waals surface area (Å²) in [7, 11) is 0. The molecule has 1 nitrogen and oxygen atoms in total. The van der Waals surface area contributed by atoms with Crippen molar-refractivity contribution in [3.63, 3.8) is 0 Å². The molecule has 0 atom stereocenters. The van der Waals surface area contributed by atoms with Gasteiger partial charge in [0.05, 0.1) is 6.61 Å².